The monoisotopic (exact) mass is 252 g/mol. The molecule has 18 heavy (non-hydrogen) atoms. The zero-order chi connectivity index (χ0) is 13.8. The van der Waals surface area contributed by atoms with Crippen LogP contribution in [0.3, 0.4) is 0 Å². The summed E-state index contributed by atoms with van der Waals surface area (Å²) in [6, 6.07) is 7.20. The predicted molar refractivity (Wildman–Crippen MR) is 75.0 cm³/mol. The summed E-state index contributed by atoms with van der Waals surface area (Å²) in [6.07, 6.45) is 0.856. The first-order valence-corrected chi connectivity index (χ1v) is 6.49. The van der Waals surface area contributed by atoms with Gasteiger partial charge in [0, 0.05) is 12.6 Å². The summed E-state index contributed by atoms with van der Waals surface area (Å²) in [5, 5.41) is 0. The largest absolute Gasteiger partial charge is 0.330 e. The Hall–Kier alpha value is -0.930. The van der Waals surface area contributed by atoms with Crippen LogP contribution in [0.2, 0.25) is 0 Å². The van der Waals surface area contributed by atoms with Gasteiger partial charge in [0.25, 0.3) is 0 Å². The third kappa shape index (κ3) is 4.75. The number of hydrogen-bond donors (Lipinski definition) is 1. The Balaban J connectivity index is 2.57. The molecule has 1 rings (SSSR count). The van der Waals surface area contributed by atoms with Crippen molar-refractivity contribution in [3.8, 4) is 0 Å². The molecule has 0 aromatic heterocycles. The van der Waals surface area contributed by atoms with Gasteiger partial charge in [0.2, 0.25) is 0 Å². The van der Waals surface area contributed by atoms with Crippen molar-refractivity contribution in [3.05, 3.63) is 35.6 Å². The third-order valence-electron chi connectivity index (χ3n) is 3.40. The lowest BCUT2D eigenvalue weighted by atomic mass is 9.92. The van der Waals surface area contributed by atoms with E-state index in [0.717, 1.165) is 18.5 Å². The Bertz CT molecular complexity index is 377. The van der Waals surface area contributed by atoms with E-state index in [1.165, 1.54) is 6.07 Å². The predicted octanol–water partition coefficient (Wildman–Crippen LogP) is 2.67. The molecule has 1 aromatic rings. The van der Waals surface area contributed by atoms with E-state index in [4.69, 9.17) is 5.73 Å². The average Bonchev–Trinajstić information content (AvgIpc) is 2.28. The van der Waals surface area contributed by atoms with Gasteiger partial charge in [-0.15, -0.1) is 0 Å². The number of likely N-dealkylation sites (N-methyl/N-ethyl adjacent to an activating group) is 1. The Morgan fingerprint density at radius 1 is 1.39 bits per heavy atom. The van der Waals surface area contributed by atoms with Crippen LogP contribution in [-0.4, -0.2) is 31.1 Å². The summed E-state index contributed by atoms with van der Waals surface area (Å²) in [4.78, 5) is 2.29. The van der Waals surface area contributed by atoms with Crippen LogP contribution in [0.5, 0.6) is 0 Å². The van der Waals surface area contributed by atoms with Crippen molar-refractivity contribution >= 4 is 0 Å². The second kappa shape index (κ2) is 6.30. The summed E-state index contributed by atoms with van der Waals surface area (Å²) in [5.74, 6) is -0.162. The van der Waals surface area contributed by atoms with Gasteiger partial charge in [-0.2, -0.15) is 0 Å². The van der Waals surface area contributed by atoms with Crippen molar-refractivity contribution in [2.45, 2.75) is 33.2 Å². The van der Waals surface area contributed by atoms with E-state index in [-0.39, 0.29) is 11.2 Å². The topological polar surface area (TPSA) is 29.3 Å². The van der Waals surface area contributed by atoms with Gasteiger partial charge in [0.1, 0.15) is 5.82 Å². The lowest BCUT2D eigenvalue weighted by Gasteiger charge is -2.33. The lowest BCUT2D eigenvalue weighted by Crippen LogP contribution is -2.41. The summed E-state index contributed by atoms with van der Waals surface area (Å²) in [6.45, 7) is 8.11. The maximum Gasteiger partial charge on any atom is 0.123 e. The number of nitrogens with zero attached hydrogens (tertiary/aromatic N) is 1. The summed E-state index contributed by atoms with van der Waals surface area (Å²) in [7, 11) is 2.10. The van der Waals surface area contributed by atoms with Crippen LogP contribution in [0.15, 0.2) is 24.3 Å². The van der Waals surface area contributed by atoms with Gasteiger partial charge in [0.15, 0.2) is 0 Å². The Labute approximate surface area is 110 Å². The van der Waals surface area contributed by atoms with Crippen LogP contribution >= 0.6 is 0 Å². The fourth-order valence-electron chi connectivity index (χ4n) is 2.06. The van der Waals surface area contributed by atoms with Crippen molar-refractivity contribution < 1.29 is 4.39 Å². The highest BCUT2D eigenvalue weighted by Gasteiger charge is 2.21. The molecule has 1 atom stereocenters. The second-order valence-electron chi connectivity index (χ2n) is 5.97. The first-order chi connectivity index (χ1) is 8.34. The van der Waals surface area contributed by atoms with E-state index in [0.29, 0.717) is 12.6 Å². The molecule has 0 amide bonds. The van der Waals surface area contributed by atoms with Gasteiger partial charge in [-0.05, 0) is 50.0 Å². The van der Waals surface area contributed by atoms with E-state index in [1.54, 1.807) is 12.1 Å². The molecular weight excluding hydrogens is 227 g/mol. The van der Waals surface area contributed by atoms with E-state index >= 15 is 0 Å². The third-order valence-corrected chi connectivity index (χ3v) is 3.40. The van der Waals surface area contributed by atoms with Crippen LogP contribution < -0.4 is 5.73 Å². The molecule has 102 valence electrons. The summed E-state index contributed by atoms with van der Waals surface area (Å²) < 4.78 is 13.1. The van der Waals surface area contributed by atoms with Gasteiger partial charge in [0.05, 0.1) is 0 Å². The average molecular weight is 252 g/mol. The van der Waals surface area contributed by atoms with Crippen LogP contribution in [0.25, 0.3) is 0 Å². The molecule has 1 aromatic carbocycles. The highest BCUT2D eigenvalue weighted by Crippen LogP contribution is 2.17. The highest BCUT2D eigenvalue weighted by atomic mass is 19.1. The fraction of sp³-hybridized carbons (Fsp3) is 0.600. The molecule has 3 heteroatoms. The highest BCUT2D eigenvalue weighted by molar-refractivity contribution is 5.17. The quantitative estimate of drug-likeness (QED) is 0.843. The number of nitrogens with two attached hydrogens (primary N) is 1. The molecule has 0 aliphatic carbocycles. The van der Waals surface area contributed by atoms with Gasteiger partial charge >= 0.3 is 0 Å². The molecule has 0 saturated heterocycles. The molecular formula is C15H25FN2. The smallest absolute Gasteiger partial charge is 0.123 e. The molecule has 0 aliphatic heterocycles. The van der Waals surface area contributed by atoms with Crippen molar-refractivity contribution in [2.24, 2.45) is 11.1 Å². The molecule has 0 saturated carbocycles. The minimum absolute atomic E-state index is 0.116. The van der Waals surface area contributed by atoms with Crippen molar-refractivity contribution in [1.29, 1.82) is 0 Å². The summed E-state index contributed by atoms with van der Waals surface area (Å²) >= 11 is 0. The summed E-state index contributed by atoms with van der Waals surface area (Å²) in [5.41, 5.74) is 6.91. The van der Waals surface area contributed by atoms with Crippen molar-refractivity contribution in [3.63, 3.8) is 0 Å². The molecule has 0 bridgehead atoms. The van der Waals surface area contributed by atoms with E-state index < -0.39 is 0 Å². The maximum atomic E-state index is 13.1. The standard InChI is InChI=1S/C15H25FN2/c1-12(18(4)11-15(2,3)10-17)8-13-6-5-7-14(16)9-13/h5-7,9,12H,8,10-11,17H2,1-4H3. The molecule has 2 nitrogen and oxygen atoms in total. The van der Waals surface area contributed by atoms with Crippen LogP contribution in [-0.2, 0) is 6.42 Å². The maximum absolute atomic E-state index is 13.1. The number of benzene rings is 1. The zero-order valence-corrected chi connectivity index (χ0v) is 11.9. The van der Waals surface area contributed by atoms with E-state index in [1.807, 2.05) is 6.07 Å². The Morgan fingerprint density at radius 2 is 2.06 bits per heavy atom. The zero-order valence-electron chi connectivity index (χ0n) is 11.9. The Kier molecular flexibility index (Phi) is 5.29. The molecule has 0 spiro atoms. The molecule has 1 unspecified atom stereocenters. The Morgan fingerprint density at radius 3 is 2.61 bits per heavy atom. The molecule has 0 aliphatic rings. The van der Waals surface area contributed by atoms with Crippen molar-refractivity contribution in [1.82, 2.24) is 4.90 Å². The first-order valence-electron chi connectivity index (χ1n) is 6.49. The van der Waals surface area contributed by atoms with Crippen LogP contribution in [0, 0.1) is 11.2 Å². The fourth-order valence-corrected chi connectivity index (χ4v) is 2.06. The molecule has 0 heterocycles. The normalized spacial score (nSPS) is 13.9. The van der Waals surface area contributed by atoms with E-state index in [9.17, 15) is 4.39 Å². The van der Waals surface area contributed by atoms with Gasteiger partial charge < -0.3 is 10.6 Å². The number of hydrogen-bond acceptors (Lipinski definition) is 2. The molecule has 0 radical (unpaired) electrons. The molecule has 0 fully saturated rings. The van der Waals surface area contributed by atoms with Gasteiger partial charge in [-0.3, -0.25) is 0 Å². The molecule has 2 N–H and O–H groups in total. The van der Waals surface area contributed by atoms with Gasteiger partial charge in [-0.1, -0.05) is 26.0 Å². The van der Waals surface area contributed by atoms with Crippen LogP contribution in [0.1, 0.15) is 26.3 Å². The number of rotatable bonds is 6. The second-order valence-corrected chi connectivity index (χ2v) is 5.97. The number of halogens is 1. The first kappa shape index (κ1) is 15.1. The minimum atomic E-state index is -0.162. The SMILES string of the molecule is CC(Cc1cccc(F)c1)N(C)CC(C)(C)CN. The van der Waals surface area contributed by atoms with Crippen LogP contribution in [0.4, 0.5) is 4.39 Å². The van der Waals surface area contributed by atoms with Gasteiger partial charge in [-0.25, -0.2) is 4.39 Å². The van der Waals surface area contributed by atoms with E-state index in [2.05, 4.69) is 32.7 Å². The lowest BCUT2D eigenvalue weighted by molar-refractivity contribution is 0.172. The van der Waals surface area contributed by atoms with Crippen molar-refractivity contribution in [2.75, 3.05) is 20.1 Å². The minimum Gasteiger partial charge on any atom is -0.330 e.